The summed E-state index contributed by atoms with van der Waals surface area (Å²) < 4.78 is 47.2. The zero-order chi connectivity index (χ0) is 21.9. The molecule has 1 aromatic carbocycles. The summed E-state index contributed by atoms with van der Waals surface area (Å²) in [5.74, 6) is -0.957. The molecule has 162 valence electrons. The lowest BCUT2D eigenvalue weighted by atomic mass is 10.1. The van der Waals surface area contributed by atoms with Crippen LogP contribution in [0.2, 0.25) is 0 Å². The van der Waals surface area contributed by atoms with Crippen molar-refractivity contribution in [3.8, 4) is 0 Å². The van der Waals surface area contributed by atoms with Crippen molar-refractivity contribution in [2.24, 2.45) is 5.73 Å². The van der Waals surface area contributed by atoms with Crippen molar-refractivity contribution < 1.29 is 37.0 Å². The standard InChI is InChI=1S/C18H24F3N3O5/c1-28-16(26)14(4-2-3-9-23-15(25)10-22)24-17(27)29-11-12-5-7-13(8-6-12)18(19,20)21/h5-8,14H,2-4,9-11,22H2,1H3,(H,23,25)(H,24,27)/t14-/m0/s1. The second-order valence-corrected chi connectivity index (χ2v) is 6.04. The second kappa shape index (κ2) is 11.9. The maximum atomic E-state index is 12.5. The highest BCUT2D eigenvalue weighted by atomic mass is 19.4. The Morgan fingerprint density at radius 2 is 1.79 bits per heavy atom. The van der Waals surface area contributed by atoms with Gasteiger partial charge in [-0.3, -0.25) is 4.79 Å². The number of alkyl carbamates (subject to hydrolysis) is 1. The van der Waals surface area contributed by atoms with Gasteiger partial charge in [0.05, 0.1) is 19.2 Å². The molecular weight excluding hydrogens is 395 g/mol. The molecule has 0 aromatic heterocycles. The number of esters is 1. The van der Waals surface area contributed by atoms with Gasteiger partial charge < -0.3 is 25.8 Å². The first-order valence-electron chi connectivity index (χ1n) is 8.81. The number of benzene rings is 1. The predicted octanol–water partition coefficient (Wildman–Crippen LogP) is 1.72. The van der Waals surface area contributed by atoms with E-state index in [0.29, 0.717) is 24.9 Å². The molecule has 0 spiro atoms. The Hall–Kier alpha value is -2.82. The smallest absolute Gasteiger partial charge is 0.416 e. The number of nitrogens with two attached hydrogens (primary N) is 1. The number of unbranched alkanes of at least 4 members (excludes halogenated alkanes) is 1. The van der Waals surface area contributed by atoms with Gasteiger partial charge in [0.15, 0.2) is 0 Å². The summed E-state index contributed by atoms with van der Waals surface area (Å²) in [6.07, 6.45) is -4.04. The van der Waals surface area contributed by atoms with E-state index in [4.69, 9.17) is 10.5 Å². The SMILES string of the molecule is COC(=O)[C@H](CCCCNC(=O)CN)NC(=O)OCc1ccc(C(F)(F)F)cc1. The molecule has 0 radical (unpaired) electrons. The van der Waals surface area contributed by atoms with Crippen LogP contribution in [0, 0.1) is 0 Å². The topological polar surface area (TPSA) is 120 Å². The van der Waals surface area contributed by atoms with Crippen molar-refractivity contribution in [2.75, 3.05) is 20.2 Å². The lowest BCUT2D eigenvalue weighted by Gasteiger charge is -2.16. The van der Waals surface area contributed by atoms with Crippen LogP contribution in [0.5, 0.6) is 0 Å². The Labute approximate surface area is 165 Å². The van der Waals surface area contributed by atoms with Gasteiger partial charge in [0.1, 0.15) is 12.6 Å². The summed E-state index contributed by atoms with van der Waals surface area (Å²) >= 11 is 0. The number of ether oxygens (including phenoxy) is 2. The zero-order valence-corrected chi connectivity index (χ0v) is 15.9. The normalized spacial score (nSPS) is 12.0. The van der Waals surface area contributed by atoms with Gasteiger partial charge in [-0.25, -0.2) is 9.59 Å². The van der Waals surface area contributed by atoms with Crippen molar-refractivity contribution in [3.05, 3.63) is 35.4 Å². The van der Waals surface area contributed by atoms with E-state index in [2.05, 4.69) is 15.4 Å². The summed E-state index contributed by atoms with van der Waals surface area (Å²) in [5, 5.41) is 4.94. The fourth-order valence-corrected chi connectivity index (χ4v) is 2.29. The van der Waals surface area contributed by atoms with Crippen LogP contribution in [0.3, 0.4) is 0 Å². The van der Waals surface area contributed by atoms with Crippen molar-refractivity contribution in [1.82, 2.24) is 10.6 Å². The molecule has 29 heavy (non-hydrogen) atoms. The van der Waals surface area contributed by atoms with Crippen LogP contribution in [-0.2, 0) is 31.8 Å². The van der Waals surface area contributed by atoms with Crippen LogP contribution in [0.4, 0.5) is 18.0 Å². The number of halogens is 3. The van der Waals surface area contributed by atoms with E-state index in [1.54, 1.807) is 0 Å². The molecule has 0 saturated heterocycles. The van der Waals surface area contributed by atoms with Gasteiger partial charge in [-0.05, 0) is 37.0 Å². The summed E-state index contributed by atoms with van der Waals surface area (Å²) in [6.45, 7) is 0.00237. The summed E-state index contributed by atoms with van der Waals surface area (Å²) in [4.78, 5) is 34.7. The molecule has 8 nitrogen and oxygen atoms in total. The fraction of sp³-hybridized carbons (Fsp3) is 0.500. The molecule has 0 unspecified atom stereocenters. The average molecular weight is 419 g/mol. The number of alkyl halides is 3. The third-order valence-corrected chi connectivity index (χ3v) is 3.86. The van der Waals surface area contributed by atoms with E-state index < -0.39 is 29.8 Å². The Kier molecular flexibility index (Phi) is 9.93. The van der Waals surface area contributed by atoms with Crippen LogP contribution < -0.4 is 16.4 Å². The number of carbonyl (C=O) groups is 3. The molecule has 1 aromatic rings. The highest BCUT2D eigenvalue weighted by Gasteiger charge is 2.30. The molecule has 11 heteroatoms. The summed E-state index contributed by atoms with van der Waals surface area (Å²) in [6, 6.07) is 3.21. The Morgan fingerprint density at radius 3 is 2.34 bits per heavy atom. The van der Waals surface area contributed by atoms with Gasteiger partial charge in [0.25, 0.3) is 0 Å². The second-order valence-electron chi connectivity index (χ2n) is 6.04. The molecule has 0 aliphatic heterocycles. The minimum atomic E-state index is -4.45. The number of hydrogen-bond acceptors (Lipinski definition) is 6. The van der Waals surface area contributed by atoms with Gasteiger partial charge in [-0.15, -0.1) is 0 Å². The number of carbonyl (C=O) groups excluding carboxylic acids is 3. The Balaban J connectivity index is 2.45. The maximum absolute atomic E-state index is 12.5. The third kappa shape index (κ3) is 9.28. The zero-order valence-electron chi connectivity index (χ0n) is 15.9. The van der Waals surface area contributed by atoms with Crippen molar-refractivity contribution >= 4 is 18.0 Å². The van der Waals surface area contributed by atoms with E-state index in [1.807, 2.05) is 0 Å². The first kappa shape index (κ1) is 24.2. The number of methoxy groups -OCH3 is 1. The molecule has 0 fully saturated rings. The number of hydrogen-bond donors (Lipinski definition) is 3. The van der Waals surface area contributed by atoms with Gasteiger partial charge in [0, 0.05) is 6.54 Å². The quantitative estimate of drug-likeness (QED) is 0.392. The fourth-order valence-electron chi connectivity index (χ4n) is 2.29. The summed E-state index contributed by atoms with van der Waals surface area (Å²) in [7, 11) is 1.17. The van der Waals surface area contributed by atoms with E-state index in [1.165, 1.54) is 19.2 Å². The highest BCUT2D eigenvalue weighted by molar-refractivity contribution is 5.81. The molecule has 0 heterocycles. The number of nitrogens with one attached hydrogen (secondary N) is 2. The van der Waals surface area contributed by atoms with Crippen molar-refractivity contribution in [2.45, 2.75) is 38.1 Å². The van der Waals surface area contributed by atoms with Crippen LogP contribution in [0.15, 0.2) is 24.3 Å². The van der Waals surface area contributed by atoms with Crippen molar-refractivity contribution in [3.63, 3.8) is 0 Å². The molecule has 0 bridgehead atoms. The first-order chi connectivity index (χ1) is 13.7. The van der Waals surface area contributed by atoms with E-state index >= 15 is 0 Å². The molecule has 0 saturated carbocycles. The van der Waals surface area contributed by atoms with Gasteiger partial charge >= 0.3 is 18.2 Å². The minimum Gasteiger partial charge on any atom is -0.467 e. The van der Waals surface area contributed by atoms with Crippen LogP contribution >= 0.6 is 0 Å². The molecule has 1 atom stereocenters. The minimum absolute atomic E-state index is 0.114. The molecule has 4 N–H and O–H groups in total. The first-order valence-corrected chi connectivity index (χ1v) is 8.81. The molecule has 2 amide bonds. The van der Waals surface area contributed by atoms with E-state index in [0.717, 1.165) is 12.1 Å². The largest absolute Gasteiger partial charge is 0.467 e. The monoisotopic (exact) mass is 419 g/mol. The molecular formula is C18H24F3N3O5. The lowest BCUT2D eigenvalue weighted by Crippen LogP contribution is -2.41. The van der Waals surface area contributed by atoms with E-state index in [-0.39, 0.29) is 25.5 Å². The maximum Gasteiger partial charge on any atom is 0.416 e. The molecule has 0 aliphatic rings. The highest BCUT2D eigenvalue weighted by Crippen LogP contribution is 2.29. The number of amides is 2. The lowest BCUT2D eigenvalue weighted by molar-refractivity contribution is -0.143. The van der Waals surface area contributed by atoms with E-state index in [9.17, 15) is 27.6 Å². The Bertz CT molecular complexity index is 680. The van der Waals surface area contributed by atoms with Gasteiger partial charge in [-0.2, -0.15) is 13.2 Å². The van der Waals surface area contributed by atoms with Gasteiger partial charge in [0.2, 0.25) is 5.91 Å². The Morgan fingerprint density at radius 1 is 1.14 bits per heavy atom. The molecule has 1 rings (SSSR count). The van der Waals surface area contributed by atoms with Crippen LogP contribution in [0.1, 0.15) is 30.4 Å². The average Bonchev–Trinajstić information content (AvgIpc) is 2.69. The van der Waals surface area contributed by atoms with Crippen molar-refractivity contribution in [1.29, 1.82) is 0 Å². The summed E-state index contributed by atoms with van der Waals surface area (Å²) in [5.41, 5.74) is 4.71. The number of rotatable bonds is 10. The van der Waals surface area contributed by atoms with Crippen LogP contribution in [-0.4, -0.2) is 44.2 Å². The third-order valence-electron chi connectivity index (χ3n) is 3.86. The van der Waals surface area contributed by atoms with Crippen LogP contribution in [0.25, 0.3) is 0 Å². The molecule has 0 aliphatic carbocycles. The van der Waals surface area contributed by atoms with Gasteiger partial charge in [-0.1, -0.05) is 12.1 Å². The predicted molar refractivity (Wildman–Crippen MR) is 96.5 cm³/mol.